The Morgan fingerprint density at radius 2 is 2.35 bits per heavy atom. The van der Waals surface area contributed by atoms with E-state index in [1.807, 2.05) is 34.7 Å². The van der Waals surface area contributed by atoms with Crippen molar-refractivity contribution in [3.8, 4) is 0 Å². The van der Waals surface area contributed by atoms with Crippen LogP contribution in [0.1, 0.15) is 18.4 Å². The Hall–Kier alpha value is -1.00. The second kappa shape index (κ2) is 4.35. The van der Waals surface area contributed by atoms with Gasteiger partial charge in [0.15, 0.2) is 0 Å². The van der Waals surface area contributed by atoms with Crippen LogP contribution in [0, 0.1) is 0 Å². The molecule has 2 aromatic rings. The molecule has 2 heterocycles. The van der Waals surface area contributed by atoms with E-state index in [4.69, 9.17) is 0 Å². The molecule has 1 aliphatic rings. The average Bonchev–Trinajstić information content (AvgIpc) is 3.04. The highest BCUT2D eigenvalue weighted by molar-refractivity contribution is 8.00. The van der Waals surface area contributed by atoms with E-state index in [0.717, 1.165) is 13.1 Å². The van der Waals surface area contributed by atoms with Crippen molar-refractivity contribution in [1.29, 1.82) is 0 Å². The number of aromatic nitrogens is 2. The van der Waals surface area contributed by atoms with Crippen molar-refractivity contribution in [2.45, 2.75) is 24.1 Å². The molecular formula is C13H17N3S. The van der Waals surface area contributed by atoms with Crippen LogP contribution in [0.5, 0.6) is 0 Å². The topological polar surface area (TPSA) is 29.3 Å². The minimum Gasteiger partial charge on any atom is -0.311 e. The highest BCUT2D eigenvalue weighted by Gasteiger charge is 2.41. The minimum absolute atomic E-state index is 0.531. The van der Waals surface area contributed by atoms with Gasteiger partial charge >= 0.3 is 0 Å². The maximum absolute atomic E-state index is 4.34. The molecule has 0 atom stereocenters. The Morgan fingerprint density at radius 3 is 3.12 bits per heavy atom. The fourth-order valence-electron chi connectivity index (χ4n) is 2.14. The Labute approximate surface area is 106 Å². The van der Waals surface area contributed by atoms with Crippen molar-refractivity contribution in [1.82, 2.24) is 14.9 Å². The standard InChI is InChI=1S/C13H17N3S/c1-17-13(5-6-13)10-14-8-11-9-15-16-7-3-2-4-12(11)16/h2-4,7,9,14H,5-6,8,10H2,1H3. The lowest BCUT2D eigenvalue weighted by molar-refractivity contribution is 0.665. The second-order valence-electron chi connectivity index (χ2n) is 4.69. The number of rotatable bonds is 5. The van der Waals surface area contributed by atoms with Crippen LogP contribution in [0.15, 0.2) is 30.6 Å². The van der Waals surface area contributed by atoms with Crippen LogP contribution in [0.3, 0.4) is 0 Å². The molecule has 1 N–H and O–H groups in total. The molecule has 0 unspecified atom stereocenters. The third kappa shape index (κ3) is 2.19. The zero-order chi connectivity index (χ0) is 11.7. The van der Waals surface area contributed by atoms with Gasteiger partial charge in [0.05, 0.1) is 11.7 Å². The molecule has 4 heteroatoms. The monoisotopic (exact) mass is 247 g/mol. The summed E-state index contributed by atoms with van der Waals surface area (Å²) >= 11 is 2.00. The number of nitrogens with zero attached hydrogens (tertiary/aromatic N) is 2. The van der Waals surface area contributed by atoms with Gasteiger partial charge in [-0.2, -0.15) is 16.9 Å². The second-order valence-corrected chi connectivity index (χ2v) is 5.97. The fraction of sp³-hybridized carbons (Fsp3) is 0.462. The number of pyridine rings is 1. The molecule has 3 rings (SSSR count). The van der Waals surface area contributed by atoms with Crippen molar-refractivity contribution in [2.75, 3.05) is 12.8 Å². The minimum atomic E-state index is 0.531. The summed E-state index contributed by atoms with van der Waals surface area (Å²) in [6.07, 6.45) is 8.87. The maximum Gasteiger partial charge on any atom is 0.0706 e. The van der Waals surface area contributed by atoms with Crippen LogP contribution in [0.2, 0.25) is 0 Å². The van der Waals surface area contributed by atoms with E-state index in [0.29, 0.717) is 4.75 Å². The Morgan fingerprint density at radius 1 is 1.47 bits per heavy atom. The van der Waals surface area contributed by atoms with Crippen LogP contribution in [-0.2, 0) is 6.54 Å². The summed E-state index contributed by atoms with van der Waals surface area (Å²) in [6.45, 7) is 2.02. The van der Waals surface area contributed by atoms with Gasteiger partial charge < -0.3 is 5.32 Å². The number of fused-ring (bicyclic) bond motifs is 1. The molecule has 1 fully saturated rings. The highest BCUT2D eigenvalue weighted by Crippen LogP contribution is 2.46. The number of thioether (sulfide) groups is 1. The van der Waals surface area contributed by atoms with Gasteiger partial charge in [0, 0.05) is 29.6 Å². The van der Waals surface area contributed by atoms with E-state index in [9.17, 15) is 0 Å². The van der Waals surface area contributed by atoms with Gasteiger partial charge in [-0.05, 0) is 31.2 Å². The number of hydrogen-bond acceptors (Lipinski definition) is 3. The molecular weight excluding hydrogens is 230 g/mol. The summed E-state index contributed by atoms with van der Waals surface area (Å²) in [6, 6.07) is 6.18. The third-order valence-electron chi connectivity index (χ3n) is 3.51. The lowest BCUT2D eigenvalue weighted by Gasteiger charge is -2.12. The van der Waals surface area contributed by atoms with Gasteiger partial charge in [-0.1, -0.05) is 6.07 Å². The molecule has 0 saturated heterocycles. The van der Waals surface area contributed by atoms with Crippen molar-refractivity contribution < 1.29 is 0 Å². The van der Waals surface area contributed by atoms with E-state index in [1.165, 1.54) is 23.9 Å². The molecule has 90 valence electrons. The number of nitrogens with one attached hydrogen (secondary N) is 1. The lowest BCUT2D eigenvalue weighted by Crippen LogP contribution is -2.25. The van der Waals surface area contributed by atoms with Gasteiger partial charge in [0.1, 0.15) is 0 Å². The van der Waals surface area contributed by atoms with Crippen molar-refractivity contribution in [3.05, 3.63) is 36.2 Å². The van der Waals surface area contributed by atoms with Crippen LogP contribution in [0.4, 0.5) is 0 Å². The summed E-state index contributed by atoms with van der Waals surface area (Å²) in [5, 5.41) is 7.90. The largest absolute Gasteiger partial charge is 0.311 e. The molecule has 0 bridgehead atoms. The van der Waals surface area contributed by atoms with Gasteiger partial charge in [0.25, 0.3) is 0 Å². The normalized spacial score (nSPS) is 17.5. The maximum atomic E-state index is 4.34. The van der Waals surface area contributed by atoms with Crippen molar-refractivity contribution in [2.24, 2.45) is 0 Å². The van der Waals surface area contributed by atoms with Crippen LogP contribution in [-0.4, -0.2) is 27.2 Å². The highest BCUT2D eigenvalue weighted by atomic mass is 32.2. The first-order chi connectivity index (χ1) is 8.33. The smallest absolute Gasteiger partial charge is 0.0706 e. The fourth-order valence-corrected chi connectivity index (χ4v) is 2.90. The first kappa shape index (κ1) is 11.1. The molecule has 2 aromatic heterocycles. The lowest BCUT2D eigenvalue weighted by atomic mass is 10.2. The first-order valence-corrected chi connectivity index (χ1v) is 7.23. The van der Waals surface area contributed by atoms with Crippen molar-refractivity contribution >= 4 is 17.3 Å². The molecule has 0 aliphatic heterocycles. The molecule has 1 saturated carbocycles. The molecule has 0 amide bonds. The van der Waals surface area contributed by atoms with Gasteiger partial charge in [-0.15, -0.1) is 0 Å². The third-order valence-corrected chi connectivity index (χ3v) is 4.93. The van der Waals surface area contributed by atoms with Gasteiger partial charge in [0.2, 0.25) is 0 Å². The zero-order valence-corrected chi connectivity index (χ0v) is 10.8. The predicted octanol–water partition coefficient (Wildman–Crippen LogP) is 2.32. The van der Waals surface area contributed by atoms with E-state index < -0.39 is 0 Å². The van der Waals surface area contributed by atoms with Gasteiger partial charge in [-0.3, -0.25) is 0 Å². The first-order valence-electron chi connectivity index (χ1n) is 6.00. The summed E-state index contributed by atoms with van der Waals surface area (Å²) in [4.78, 5) is 0. The molecule has 1 aliphatic carbocycles. The zero-order valence-electron chi connectivity index (χ0n) is 10.0. The summed E-state index contributed by atoms with van der Waals surface area (Å²) in [7, 11) is 0. The average molecular weight is 247 g/mol. The van der Waals surface area contributed by atoms with Gasteiger partial charge in [-0.25, -0.2) is 4.52 Å². The summed E-state index contributed by atoms with van der Waals surface area (Å²) in [5.74, 6) is 0. The van der Waals surface area contributed by atoms with Crippen molar-refractivity contribution in [3.63, 3.8) is 0 Å². The molecule has 0 radical (unpaired) electrons. The summed E-state index contributed by atoms with van der Waals surface area (Å²) in [5.41, 5.74) is 2.48. The van der Waals surface area contributed by atoms with Crippen LogP contribution >= 0.6 is 11.8 Å². The Bertz CT molecular complexity index is 516. The molecule has 17 heavy (non-hydrogen) atoms. The predicted molar refractivity (Wildman–Crippen MR) is 72.4 cm³/mol. The van der Waals surface area contributed by atoms with Crippen LogP contribution < -0.4 is 5.32 Å². The molecule has 0 aromatic carbocycles. The number of hydrogen-bond donors (Lipinski definition) is 1. The quantitative estimate of drug-likeness (QED) is 0.879. The van der Waals surface area contributed by atoms with E-state index in [1.54, 1.807) is 0 Å². The van der Waals surface area contributed by atoms with E-state index >= 15 is 0 Å². The van der Waals surface area contributed by atoms with Crippen LogP contribution in [0.25, 0.3) is 5.52 Å². The Balaban J connectivity index is 1.65. The van der Waals surface area contributed by atoms with E-state index in [2.05, 4.69) is 28.8 Å². The Kier molecular flexibility index (Phi) is 2.84. The molecule has 0 spiro atoms. The van der Waals surface area contributed by atoms with E-state index in [-0.39, 0.29) is 0 Å². The summed E-state index contributed by atoms with van der Waals surface area (Å²) < 4.78 is 2.46. The SMILES string of the molecule is CSC1(CNCc2cnn3ccccc23)CC1. The molecule has 3 nitrogen and oxygen atoms in total.